The van der Waals surface area contributed by atoms with Crippen LogP contribution in [0.4, 0.5) is 0 Å². The third kappa shape index (κ3) is 2.57. The van der Waals surface area contributed by atoms with Crippen molar-refractivity contribution in [1.82, 2.24) is 9.97 Å². The SMILES string of the molecule is c1ccc(CSc2ccncn2)cc1. The van der Waals surface area contributed by atoms with Crippen molar-refractivity contribution < 1.29 is 0 Å². The molecule has 2 nitrogen and oxygen atoms in total. The molecule has 0 saturated heterocycles. The fraction of sp³-hybridized carbons (Fsp3) is 0.0909. The van der Waals surface area contributed by atoms with Crippen LogP contribution in [0.15, 0.2) is 53.9 Å². The lowest BCUT2D eigenvalue weighted by atomic mass is 10.2. The maximum atomic E-state index is 4.15. The summed E-state index contributed by atoms with van der Waals surface area (Å²) in [6, 6.07) is 12.3. The van der Waals surface area contributed by atoms with Gasteiger partial charge in [0.2, 0.25) is 0 Å². The van der Waals surface area contributed by atoms with Gasteiger partial charge in [-0.3, -0.25) is 0 Å². The number of thioether (sulfide) groups is 1. The van der Waals surface area contributed by atoms with Crippen LogP contribution in [0.2, 0.25) is 0 Å². The Hall–Kier alpha value is -1.35. The standard InChI is InChI=1S/C11H10N2S/c1-2-4-10(5-3-1)8-14-11-6-7-12-9-13-11/h1-7,9H,8H2. The Morgan fingerprint density at radius 2 is 1.93 bits per heavy atom. The van der Waals surface area contributed by atoms with Crippen LogP contribution in [-0.2, 0) is 5.75 Å². The van der Waals surface area contributed by atoms with Gasteiger partial charge in [0.1, 0.15) is 6.33 Å². The van der Waals surface area contributed by atoms with Gasteiger partial charge in [0.25, 0.3) is 0 Å². The molecule has 0 fully saturated rings. The molecule has 0 radical (unpaired) electrons. The fourth-order valence-corrected chi connectivity index (χ4v) is 1.88. The van der Waals surface area contributed by atoms with Crippen molar-refractivity contribution in [3.63, 3.8) is 0 Å². The molecular weight excluding hydrogens is 192 g/mol. The van der Waals surface area contributed by atoms with E-state index in [2.05, 4.69) is 34.2 Å². The number of nitrogens with zero attached hydrogens (tertiary/aromatic N) is 2. The molecule has 2 aromatic rings. The highest BCUT2D eigenvalue weighted by Crippen LogP contribution is 2.19. The first-order valence-electron chi connectivity index (χ1n) is 4.38. The summed E-state index contributed by atoms with van der Waals surface area (Å²) < 4.78 is 0. The van der Waals surface area contributed by atoms with Gasteiger partial charge in [-0.15, -0.1) is 11.8 Å². The van der Waals surface area contributed by atoms with Crippen LogP contribution in [0.25, 0.3) is 0 Å². The quantitative estimate of drug-likeness (QED) is 0.565. The molecule has 3 heteroatoms. The largest absolute Gasteiger partial charge is 0.245 e. The molecule has 0 atom stereocenters. The molecule has 1 aromatic carbocycles. The maximum Gasteiger partial charge on any atom is 0.116 e. The van der Waals surface area contributed by atoms with Gasteiger partial charge in [0, 0.05) is 11.9 Å². The molecule has 0 unspecified atom stereocenters. The highest BCUT2D eigenvalue weighted by molar-refractivity contribution is 7.98. The molecule has 0 N–H and O–H groups in total. The minimum absolute atomic E-state index is 0.956. The molecule has 0 saturated carbocycles. The molecule has 0 spiro atoms. The maximum absolute atomic E-state index is 4.15. The molecule has 1 aromatic heterocycles. The van der Waals surface area contributed by atoms with Gasteiger partial charge in [-0.25, -0.2) is 9.97 Å². The Kier molecular flexibility index (Phi) is 3.14. The van der Waals surface area contributed by atoms with Crippen molar-refractivity contribution in [2.24, 2.45) is 0 Å². The predicted octanol–water partition coefficient (Wildman–Crippen LogP) is 2.77. The van der Waals surface area contributed by atoms with Gasteiger partial charge in [-0.1, -0.05) is 30.3 Å². The number of benzene rings is 1. The number of hydrogen-bond donors (Lipinski definition) is 0. The summed E-state index contributed by atoms with van der Waals surface area (Å²) >= 11 is 1.72. The van der Waals surface area contributed by atoms with Crippen LogP contribution in [0, 0.1) is 0 Å². The predicted molar refractivity (Wildman–Crippen MR) is 58.0 cm³/mol. The summed E-state index contributed by atoms with van der Waals surface area (Å²) in [5, 5.41) is 1.02. The summed E-state index contributed by atoms with van der Waals surface area (Å²) in [7, 11) is 0. The minimum atomic E-state index is 0.956. The van der Waals surface area contributed by atoms with E-state index in [1.54, 1.807) is 24.3 Å². The number of hydrogen-bond acceptors (Lipinski definition) is 3. The zero-order valence-electron chi connectivity index (χ0n) is 7.63. The molecule has 0 aliphatic heterocycles. The Bertz CT molecular complexity index is 336. The van der Waals surface area contributed by atoms with E-state index < -0.39 is 0 Å². The van der Waals surface area contributed by atoms with E-state index in [1.807, 2.05) is 12.1 Å². The third-order valence-corrected chi connectivity index (χ3v) is 2.80. The first-order valence-corrected chi connectivity index (χ1v) is 5.36. The van der Waals surface area contributed by atoms with Crippen LogP contribution >= 0.6 is 11.8 Å². The minimum Gasteiger partial charge on any atom is -0.245 e. The topological polar surface area (TPSA) is 25.8 Å². The van der Waals surface area contributed by atoms with Crippen molar-refractivity contribution in [3.8, 4) is 0 Å². The molecule has 0 amide bonds. The lowest BCUT2D eigenvalue weighted by molar-refractivity contribution is 1.05. The van der Waals surface area contributed by atoms with Crippen molar-refractivity contribution in [2.45, 2.75) is 10.8 Å². The highest BCUT2D eigenvalue weighted by Gasteiger charge is 1.95. The number of aromatic nitrogens is 2. The van der Waals surface area contributed by atoms with E-state index in [1.165, 1.54) is 5.56 Å². The van der Waals surface area contributed by atoms with E-state index >= 15 is 0 Å². The van der Waals surface area contributed by atoms with Crippen molar-refractivity contribution in [2.75, 3.05) is 0 Å². The Morgan fingerprint density at radius 3 is 2.64 bits per heavy atom. The van der Waals surface area contributed by atoms with E-state index in [0.717, 1.165) is 10.8 Å². The van der Waals surface area contributed by atoms with Gasteiger partial charge >= 0.3 is 0 Å². The van der Waals surface area contributed by atoms with Gasteiger partial charge in [0.15, 0.2) is 0 Å². The second-order valence-corrected chi connectivity index (χ2v) is 3.82. The van der Waals surface area contributed by atoms with Crippen LogP contribution in [0.3, 0.4) is 0 Å². The molecule has 2 rings (SSSR count). The fourth-order valence-electron chi connectivity index (χ4n) is 1.10. The summed E-state index contributed by atoms with van der Waals surface area (Å²) in [6.45, 7) is 0. The zero-order chi connectivity index (χ0) is 9.64. The van der Waals surface area contributed by atoms with Gasteiger partial charge in [0.05, 0.1) is 5.03 Å². The van der Waals surface area contributed by atoms with E-state index in [0.29, 0.717) is 0 Å². The second-order valence-electron chi connectivity index (χ2n) is 2.82. The molecule has 0 aliphatic rings. The van der Waals surface area contributed by atoms with Crippen LogP contribution in [-0.4, -0.2) is 9.97 Å². The number of rotatable bonds is 3. The van der Waals surface area contributed by atoms with Crippen LogP contribution < -0.4 is 0 Å². The monoisotopic (exact) mass is 202 g/mol. The summed E-state index contributed by atoms with van der Waals surface area (Å²) in [6.07, 6.45) is 3.34. The Morgan fingerprint density at radius 1 is 1.07 bits per heavy atom. The van der Waals surface area contributed by atoms with E-state index in [-0.39, 0.29) is 0 Å². The Labute approximate surface area is 87.4 Å². The highest BCUT2D eigenvalue weighted by atomic mass is 32.2. The lowest BCUT2D eigenvalue weighted by Crippen LogP contribution is -1.82. The second kappa shape index (κ2) is 4.77. The average molecular weight is 202 g/mol. The first kappa shape index (κ1) is 9.21. The first-order chi connectivity index (χ1) is 6.95. The summed E-state index contributed by atoms with van der Waals surface area (Å²) in [5.41, 5.74) is 1.32. The summed E-state index contributed by atoms with van der Waals surface area (Å²) in [5.74, 6) is 0.956. The van der Waals surface area contributed by atoms with Crippen LogP contribution in [0.5, 0.6) is 0 Å². The zero-order valence-corrected chi connectivity index (χ0v) is 8.45. The van der Waals surface area contributed by atoms with Crippen molar-refractivity contribution >= 4 is 11.8 Å². The molecule has 0 aliphatic carbocycles. The average Bonchev–Trinajstić information content (AvgIpc) is 2.29. The smallest absolute Gasteiger partial charge is 0.116 e. The summed E-state index contributed by atoms with van der Waals surface area (Å²) in [4.78, 5) is 8.02. The molecule has 1 heterocycles. The molecule has 0 bridgehead atoms. The molecule has 70 valence electrons. The lowest BCUT2D eigenvalue weighted by Gasteiger charge is -1.99. The third-order valence-electron chi connectivity index (χ3n) is 1.78. The van der Waals surface area contributed by atoms with Gasteiger partial charge in [-0.2, -0.15) is 0 Å². The van der Waals surface area contributed by atoms with Gasteiger partial charge in [-0.05, 0) is 11.6 Å². The van der Waals surface area contributed by atoms with Gasteiger partial charge < -0.3 is 0 Å². The van der Waals surface area contributed by atoms with Crippen LogP contribution in [0.1, 0.15) is 5.56 Å². The van der Waals surface area contributed by atoms with E-state index in [4.69, 9.17) is 0 Å². The normalized spacial score (nSPS) is 10.0. The van der Waals surface area contributed by atoms with Crippen molar-refractivity contribution in [1.29, 1.82) is 0 Å². The Balaban J connectivity index is 1.96. The molecule has 14 heavy (non-hydrogen) atoms. The molecular formula is C11H10N2S. The van der Waals surface area contributed by atoms with E-state index in [9.17, 15) is 0 Å². The van der Waals surface area contributed by atoms with Crippen molar-refractivity contribution in [3.05, 3.63) is 54.5 Å².